The van der Waals surface area contributed by atoms with Gasteiger partial charge in [0.2, 0.25) is 0 Å². The number of nitrogens with two attached hydrogens (primary N) is 1. The standard InChI is InChI=1S/C3H9NO2S2.Na/c4-2-1-3-8(5,6)7;/h1-4H2,(H,5,6,7);/q;+1/p-1. The summed E-state index contributed by atoms with van der Waals surface area (Å²) in [7, 11) is -3.18. The van der Waals surface area contributed by atoms with Gasteiger partial charge in [-0.05, 0) is 32.9 Å². The van der Waals surface area contributed by atoms with Crippen LogP contribution in [0.2, 0.25) is 0 Å². The molecule has 0 amide bonds. The Balaban J connectivity index is 0. The largest absolute Gasteiger partial charge is 1.00 e. The van der Waals surface area contributed by atoms with Gasteiger partial charge < -0.3 is 10.3 Å². The van der Waals surface area contributed by atoms with E-state index in [4.69, 9.17) is 5.73 Å². The summed E-state index contributed by atoms with van der Waals surface area (Å²) in [5, 5.41) is 0. The molecule has 6 heteroatoms. The Kier molecular flexibility index (Phi) is 8.66. The molecule has 0 spiro atoms. The molecule has 2 N–H and O–H groups in total. The van der Waals surface area contributed by atoms with Gasteiger partial charge in [0.05, 0.1) is 0 Å². The summed E-state index contributed by atoms with van der Waals surface area (Å²) >= 11 is 4.07. The van der Waals surface area contributed by atoms with Crippen LogP contribution in [0.1, 0.15) is 6.42 Å². The number of hydrogen-bond acceptors (Lipinski definition) is 4. The first-order valence-electron chi connectivity index (χ1n) is 2.20. The minimum absolute atomic E-state index is 0. The average Bonchev–Trinajstić information content (AvgIpc) is 1.59. The summed E-state index contributed by atoms with van der Waals surface area (Å²) in [6.45, 7) is 0.385. The average molecular weight is 177 g/mol. The molecule has 0 aliphatic rings. The number of hydrogen-bond donors (Lipinski definition) is 1. The monoisotopic (exact) mass is 177 g/mol. The van der Waals surface area contributed by atoms with E-state index in [1.54, 1.807) is 0 Å². The molecule has 1 atom stereocenters. The molecular formula is C3H8NNaO2S2. The maximum absolute atomic E-state index is 10.1. The van der Waals surface area contributed by atoms with Gasteiger partial charge in [-0.1, -0.05) is 0 Å². The smallest absolute Gasteiger partial charge is 0.769 e. The first kappa shape index (κ1) is 12.9. The molecular weight excluding hydrogens is 169 g/mol. The van der Waals surface area contributed by atoms with E-state index in [1.165, 1.54) is 0 Å². The van der Waals surface area contributed by atoms with E-state index in [0.717, 1.165) is 0 Å². The van der Waals surface area contributed by atoms with Gasteiger partial charge in [-0.25, -0.2) is 0 Å². The molecule has 0 aliphatic carbocycles. The minimum atomic E-state index is -3.18. The predicted molar refractivity (Wildman–Crippen MR) is 34.8 cm³/mol. The van der Waals surface area contributed by atoms with Gasteiger partial charge in [-0.3, -0.25) is 4.21 Å². The Bertz CT molecular complexity index is 144. The van der Waals surface area contributed by atoms with E-state index in [1.807, 2.05) is 0 Å². The Labute approximate surface area is 82.2 Å². The Morgan fingerprint density at radius 3 is 2.22 bits per heavy atom. The molecule has 50 valence electrons. The fourth-order valence-corrected chi connectivity index (χ4v) is 1.13. The Hall–Kier alpha value is 1.29. The van der Waals surface area contributed by atoms with Gasteiger partial charge >= 0.3 is 29.6 Å². The van der Waals surface area contributed by atoms with Crippen molar-refractivity contribution in [3.8, 4) is 0 Å². The fraction of sp³-hybridized carbons (Fsp3) is 1.00. The van der Waals surface area contributed by atoms with E-state index in [-0.39, 0.29) is 35.3 Å². The molecule has 0 aliphatic heterocycles. The quantitative estimate of drug-likeness (QED) is 0.449. The molecule has 0 bridgehead atoms. The molecule has 0 aromatic carbocycles. The van der Waals surface area contributed by atoms with E-state index in [0.29, 0.717) is 13.0 Å². The summed E-state index contributed by atoms with van der Waals surface area (Å²) in [4.78, 5) is 0. The maximum atomic E-state index is 10.1. The van der Waals surface area contributed by atoms with Gasteiger partial charge in [-0.2, -0.15) is 0 Å². The van der Waals surface area contributed by atoms with Crippen molar-refractivity contribution in [2.24, 2.45) is 5.73 Å². The molecule has 0 fully saturated rings. The van der Waals surface area contributed by atoms with Crippen LogP contribution in [0.5, 0.6) is 0 Å². The summed E-state index contributed by atoms with van der Waals surface area (Å²) in [5.41, 5.74) is 5.02. The van der Waals surface area contributed by atoms with Crippen molar-refractivity contribution < 1.29 is 38.3 Å². The number of rotatable bonds is 3. The van der Waals surface area contributed by atoms with Crippen molar-refractivity contribution in [1.29, 1.82) is 0 Å². The molecule has 9 heavy (non-hydrogen) atoms. The zero-order valence-corrected chi connectivity index (χ0v) is 8.96. The SMILES string of the molecule is NCCCS(=O)([O-])=S.[Na+]. The second-order valence-electron chi connectivity index (χ2n) is 1.40. The summed E-state index contributed by atoms with van der Waals surface area (Å²) < 4.78 is 20.3. The van der Waals surface area contributed by atoms with Crippen LogP contribution in [-0.4, -0.2) is 21.1 Å². The van der Waals surface area contributed by atoms with Crippen molar-refractivity contribution in [1.82, 2.24) is 0 Å². The molecule has 0 saturated carbocycles. The normalized spacial score (nSPS) is 15.8. The summed E-state index contributed by atoms with van der Waals surface area (Å²) in [5.74, 6) is 0.0266. The topological polar surface area (TPSA) is 66.2 Å². The van der Waals surface area contributed by atoms with Crippen molar-refractivity contribution in [2.45, 2.75) is 6.42 Å². The van der Waals surface area contributed by atoms with Crippen molar-refractivity contribution in [3.63, 3.8) is 0 Å². The molecule has 0 aromatic heterocycles. The molecule has 0 heterocycles. The zero-order valence-electron chi connectivity index (χ0n) is 5.33. The van der Waals surface area contributed by atoms with Crippen molar-refractivity contribution >= 4 is 20.0 Å². The van der Waals surface area contributed by atoms with Gasteiger partial charge in [0.25, 0.3) is 0 Å². The van der Waals surface area contributed by atoms with E-state index in [9.17, 15) is 8.76 Å². The van der Waals surface area contributed by atoms with Crippen LogP contribution in [-0.2, 0) is 20.0 Å². The fourth-order valence-electron chi connectivity index (χ4n) is 0.260. The van der Waals surface area contributed by atoms with E-state index in [2.05, 4.69) is 11.2 Å². The predicted octanol–water partition coefficient (Wildman–Crippen LogP) is -3.78. The summed E-state index contributed by atoms with van der Waals surface area (Å²) in [6.07, 6.45) is 0.464. The Morgan fingerprint density at radius 1 is 1.67 bits per heavy atom. The second kappa shape index (κ2) is 6.03. The van der Waals surface area contributed by atoms with E-state index >= 15 is 0 Å². The van der Waals surface area contributed by atoms with Gasteiger partial charge in [0, 0.05) is 5.75 Å². The molecule has 0 rings (SSSR count). The van der Waals surface area contributed by atoms with Crippen LogP contribution < -0.4 is 35.3 Å². The van der Waals surface area contributed by atoms with Crippen LogP contribution in [0.3, 0.4) is 0 Å². The second-order valence-corrected chi connectivity index (χ2v) is 4.45. The first-order chi connectivity index (χ1) is 3.56. The van der Waals surface area contributed by atoms with Crippen LogP contribution >= 0.6 is 0 Å². The molecule has 0 radical (unpaired) electrons. The van der Waals surface area contributed by atoms with Crippen LogP contribution in [0, 0.1) is 0 Å². The van der Waals surface area contributed by atoms with Crippen LogP contribution in [0.15, 0.2) is 0 Å². The van der Waals surface area contributed by atoms with Crippen molar-refractivity contribution in [2.75, 3.05) is 12.3 Å². The maximum Gasteiger partial charge on any atom is 1.00 e. The van der Waals surface area contributed by atoms with Crippen LogP contribution in [0.4, 0.5) is 0 Å². The van der Waals surface area contributed by atoms with Crippen LogP contribution in [0.25, 0.3) is 0 Å². The third kappa shape index (κ3) is 12.5. The molecule has 3 nitrogen and oxygen atoms in total. The zero-order chi connectivity index (χ0) is 6.62. The minimum Gasteiger partial charge on any atom is -0.769 e. The van der Waals surface area contributed by atoms with Gasteiger partial charge in [0.15, 0.2) is 0 Å². The first-order valence-corrected chi connectivity index (χ1v) is 4.77. The Morgan fingerprint density at radius 2 is 2.11 bits per heavy atom. The summed E-state index contributed by atoms with van der Waals surface area (Å²) in [6, 6.07) is 0. The third-order valence-electron chi connectivity index (χ3n) is 0.598. The molecule has 1 unspecified atom stereocenters. The van der Waals surface area contributed by atoms with Gasteiger partial charge in [0.1, 0.15) is 0 Å². The van der Waals surface area contributed by atoms with Gasteiger partial charge in [-0.15, -0.1) is 0 Å². The third-order valence-corrected chi connectivity index (χ3v) is 1.89. The van der Waals surface area contributed by atoms with E-state index < -0.39 is 8.77 Å². The molecule has 0 saturated heterocycles. The molecule has 0 aromatic rings. The van der Waals surface area contributed by atoms with Crippen molar-refractivity contribution in [3.05, 3.63) is 0 Å².